The fourth-order valence-electron chi connectivity index (χ4n) is 1.15. The van der Waals surface area contributed by atoms with Crippen molar-refractivity contribution >= 4 is 51.2 Å². The van der Waals surface area contributed by atoms with Crippen LogP contribution in [0.15, 0.2) is 24.3 Å². The first-order valence-corrected chi connectivity index (χ1v) is 6.14. The maximum Gasteiger partial charge on any atom is 0.288 e. The van der Waals surface area contributed by atoms with Crippen LogP contribution in [0.5, 0.6) is 0 Å². The van der Waals surface area contributed by atoms with Gasteiger partial charge < -0.3 is 5.32 Å². The van der Waals surface area contributed by atoms with Gasteiger partial charge >= 0.3 is 0 Å². The van der Waals surface area contributed by atoms with E-state index in [9.17, 15) is 9.59 Å². The van der Waals surface area contributed by atoms with Crippen molar-refractivity contribution in [1.29, 1.82) is 0 Å². The summed E-state index contributed by atoms with van der Waals surface area (Å²) in [7, 11) is 0. The van der Waals surface area contributed by atoms with Crippen molar-refractivity contribution < 1.29 is 9.59 Å². The standard InChI is InChI=1S/C9H7IN2O2S/c10-5-1-3-6(4-2-5)11-8-7(13)12-9(14)15-8/h1-4,8,11H,(H,12,13,14)/t8-/m0/s1. The number of carbonyl (C=O) groups is 2. The molecule has 0 aromatic heterocycles. The first-order valence-electron chi connectivity index (χ1n) is 4.19. The molecule has 4 nitrogen and oxygen atoms in total. The van der Waals surface area contributed by atoms with Crippen LogP contribution in [0.4, 0.5) is 10.5 Å². The Bertz CT molecular complexity index is 407. The fourth-order valence-corrected chi connectivity index (χ4v) is 2.24. The Kier molecular flexibility index (Phi) is 3.15. The highest BCUT2D eigenvalue weighted by Gasteiger charge is 2.31. The van der Waals surface area contributed by atoms with E-state index in [1.165, 1.54) is 0 Å². The van der Waals surface area contributed by atoms with Crippen molar-refractivity contribution in [3.8, 4) is 0 Å². The number of hydrogen-bond donors (Lipinski definition) is 2. The Morgan fingerprint density at radius 1 is 1.27 bits per heavy atom. The van der Waals surface area contributed by atoms with Crippen molar-refractivity contribution in [2.45, 2.75) is 5.37 Å². The number of hydrogen-bond acceptors (Lipinski definition) is 4. The highest BCUT2D eigenvalue weighted by Crippen LogP contribution is 2.21. The molecule has 0 bridgehead atoms. The van der Waals surface area contributed by atoms with Crippen LogP contribution in [0, 0.1) is 3.57 Å². The second-order valence-electron chi connectivity index (χ2n) is 2.93. The molecule has 0 unspecified atom stereocenters. The lowest BCUT2D eigenvalue weighted by molar-refractivity contribution is -0.118. The molecule has 1 aliphatic heterocycles. The molecule has 1 atom stereocenters. The van der Waals surface area contributed by atoms with Gasteiger partial charge in [0.1, 0.15) is 0 Å². The van der Waals surface area contributed by atoms with Crippen molar-refractivity contribution in [3.63, 3.8) is 0 Å². The Morgan fingerprint density at radius 3 is 2.47 bits per heavy atom. The lowest BCUT2D eigenvalue weighted by atomic mass is 10.3. The predicted octanol–water partition coefficient (Wildman–Crippen LogP) is 2.01. The van der Waals surface area contributed by atoms with E-state index in [0.717, 1.165) is 21.0 Å². The summed E-state index contributed by atoms with van der Waals surface area (Å²) in [6, 6.07) is 7.61. The van der Waals surface area contributed by atoms with Gasteiger partial charge in [-0.05, 0) is 58.6 Å². The van der Waals surface area contributed by atoms with E-state index in [-0.39, 0.29) is 11.1 Å². The van der Waals surface area contributed by atoms with E-state index >= 15 is 0 Å². The molecule has 1 saturated heterocycles. The third kappa shape index (κ3) is 2.63. The second kappa shape index (κ2) is 4.40. The molecular formula is C9H7IN2O2S. The molecule has 2 amide bonds. The molecule has 0 saturated carbocycles. The monoisotopic (exact) mass is 334 g/mol. The quantitative estimate of drug-likeness (QED) is 0.813. The highest BCUT2D eigenvalue weighted by atomic mass is 127. The zero-order valence-electron chi connectivity index (χ0n) is 7.49. The molecule has 2 rings (SSSR count). The maximum atomic E-state index is 11.2. The number of benzene rings is 1. The third-order valence-corrected chi connectivity index (χ3v) is 3.43. The molecule has 6 heteroatoms. The van der Waals surface area contributed by atoms with Gasteiger partial charge in [0, 0.05) is 9.26 Å². The topological polar surface area (TPSA) is 58.2 Å². The smallest absolute Gasteiger partial charge is 0.288 e. The third-order valence-electron chi connectivity index (χ3n) is 1.83. The van der Waals surface area contributed by atoms with E-state index in [1.54, 1.807) is 0 Å². The van der Waals surface area contributed by atoms with Gasteiger partial charge in [-0.3, -0.25) is 14.9 Å². The molecule has 0 spiro atoms. The molecule has 1 heterocycles. The number of rotatable bonds is 2. The minimum absolute atomic E-state index is 0.288. The average Bonchev–Trinajstić information content (AvgIpc) is 2.49. The minimum Gasteiger partial charge on any atom is -0.365 e. The van der Waals surface area contributed by atoms with Gasteiger partial charge in [0.25, 0.3) is 11.1 Å². The summed E-state index contributed by atoms with van der Waals surface area (Å²) in [5.41, 5.74) is 0.831. The zero-order chi connectivity index (χ0) is 10.8. The number of nitrogens with one attached hydrogen (secondary N) is 2. The maximum absolute atomic E-state index is 11.2. The van der Waals surface area contributed by atoms with Gasteiger partial charge in [0.15, 0.2) is 5.37 Å². The number of halogens is 1. The summed E-state index contributed by atoms with van der Waals surface area (Å²) >= 11 is 3.16. The van der Waals surface area contributed by atoms with Crippen molar-refractivity contribution in [2.75, 3.05) is 5.32 Å². The molecular weight excluding hydrogens is 327 g/mol. The van der Waals surface area contributed by atoms with E-state index in [2.05, 4.69) is 33.2 Å². The normalized spacial score (nSPS) is 20.2. The number of thioether (sulfide) groups is 1. The summed E-state index contributed by atoms with van der Waals surface area (Å²) in [5.74, 6) is -0.288. The Morgan fingerprint density at radius 2 is 1.93 bits per heavy atom. The fraction of sp³-hybridized carbons (Fsp3) is 0.111. The largest absolute Gasteiger partial charge is 0.365 e. The summed E-state index contributed by atoms with van der Waals surface area (Å²) in [4.78, 5) is 22.1. The zero-order valence-corrected chi connectivity index (χ0v) is 10.5. The van der Waals surface area contributed by atoms with Crippen LogP contribution in [0.1, 0.15) is 0 Å². The van der Waals surface area contributed by atoms with Crippen LogP contribution in [0.3, 0.4) is 0 Å². The Labute approximate surface area is 104 Å². The average molecular weight is 334 g/mol. The summed E-state index contributed by atoms with van der Waals surface area (Å²) in [5, 5.41) is 4.38. The molecule has 1 aromatic carbocycles. The molecule has 0 aliphatic carbocycles. The van der Waals surface area contributed by atoms with Gasteiger partial charge in [-0.15, -0.1) is 0 Å². The lowest BCUT2D eigenvalue weighted by Crippen LogP contribution is -2.29. The summed E-state index contributed by atoms with van der Waals surface area (Å²) < 4.78 is 1.12. The highest BCUT2D eigenvalue weighted by molar-refractivity contribution is 14.1. The molecule has 2 N–H and O–H groups in total. The first kappa shape index (κ1) is 10.7. The molecule has 15 heavy (non-hydrogen) atoms. The van der Waals surface area contributed by atoms with Gasteiger partial charge in [0.05, 0.1) is 0 Å². The minimum atomic E-state index is -0.516. The van der Waals surface area contributed by atoms with Gasteiger partial charge in [0.2, 0.25) is 0 Å². The van der Waals surface area contributed by atoms with Crippen molar-refractivity contribution in [3.05, 3.63) is 27.8 Å². The molecule has 1 fully saturated rings. The van der Waals surface area contributed by atoms with Gasteiger partial charge in [-0.25, -0.2) is 0 Å². The second-order valence-corrected chi connectivity index (χ2v) is 5.25. The van der Waals surface area contributed by atoms with E-state index in [0.29, 0.717) is 0 Å². The number of amides is 2. The van der Waals surface area contributed by atoms with Crippen LogP contribution in [0.2, 0.25) is 0 Å². The van der Waals surface area contributed by atoms with Gasteiger partial charge in [-0.1, -0.05) is 0 Å². The first-order chi connectivity index (χ1) is 7.15. The Hall–Kier alpha value is -0.760. The van der Waals surface area contributed by atoms with Crippen molar-refractivity contribution in [1.82, 2.24) is 5.32 Å². The van der Waals surface area contributed by atoms with Crippen molar-refractivity contribution in [2.24, 2.45) is 0 Å². The number of imide groups is 1. The SMILES string of the molecule is O=C1NC(=O)[C@@H](Nc2ccc(I)cc2)S1. The van der Waals surface area contributed by atoms with Crippen LogP contribution in [0.25, 0.3) is 0 Å². The molecule has 1 aliphatic rings. The lowest BCUT2D eigenvalue weighted by Gasteiger charge is -2.09. The number of carbonyl (C=O) groups excluding carboxylic acids is 2. The van der Waals surface area contributed by atoms with E-state index < -0.39 is 5.37 Å². The van der Waals surface area contributed by atoms with Crippen LogP contribution in [-0.2, 0) is 4.79 Å². The Balaban J connectivity index is 2.06. The van der Waals surface area contributed by atoms with Crippen LogP contribution in [-0.4, -0.2) is 16.5 Å². The predicted molar refractivity (Wildman–Crippen MR) is 67.7 cm³/mol. The molecule has 78 valence electrons. The van der Waals surface area contributed by atoms with E-state index in [4.69, 9.17) is 0 Å². The van der Waals surface area contributed by atoms with E-state index in [1.807, 2.05) is 24.3 Å². The molecule has 1 aromatic rings. The van der Waals surface area contributed by atoms with Crippen LogP contribution >= 0.6 is 34.4 Å². The number of anilines is 1. The summed E-state index contributed by atoms with van der Waals surface area (Å²) in [6.07, 6.45) is 0. The molecule has 0 radical (unpaired) electrons. The summed E-state index contributed by atoms with van der Waals surface area (Å²) in [6.45, 7) is 0. The van der Waals surface area contributed by atoms with Gasteiger partial charge in [-0.2, -0.15) is 0 Å². The van der Waals surface area contributed by atoms with Crippen LogP contribution < -0.4 is 10.6 Å².